The van der Waals surface area contributed by atoms with E-state index in [0.29, 0.717) is 12.3 Å². The Labute approximate surface area is 164 Å². The number of hydrogen-bond donors (Lipinski definition) is 0. The van der Waals surface area contributed by atoms with Crippen molar-refractivity contribution in [1.82, 2.24) is 0 Å². The van der Waals surface area contributed by atoms with Gasteiger partial charge in [-0.25, -0.2) is 4.99 Å². The van der Waals surface area contributed by atoms with Gasteiger partial charge < -0.3 is 4.74 Å². The lowest BCUT2D eigenvalue weighted by atomic mass is 9.37. The zero-order valence-corrected chi connectivity index (χ0v) is 16.0. The maximum atomic E-state index is 13.5. The van der Waals surface area contributed by atoms with E-state index in [9.17, 15) is 9.59 Å². The van der Waals surface area contributed by atoms with E-state index in [1.165, 1.54) is 4.90 Å². The molecule has 1 saturated heterocycles. The third kappa shape index (κ3) is 1.60. The fourth-order valence-electron chi connectivity index (χ4n) is 7.05. The predicted molar refractivity (Wildman–Crippen MR) is 105 cm³/mol. The second kappa shape index (κ2) is 5.34. The van der Waals surface area contributed by atoms with E-state index in [2.05, 4.69) is 12.2 Å². The molecule has 1 aromatic carbocycles. The molecule has 6 aliphatic rings. The van der Waals surface area contributed by atoms with Crippen molar-refractivity contribution < 1.29 is 14.3 Å². The average molecular weight is 376 g/mol. The summed E-state index contributed by atoms with van der Waals surface area (Å²) in [4.78, 5) is 33.5. The SMILES string of the molecule is CCOC1=N[C@]23CCCC[C@]12[C@H]1C=C[C@H]3[C@H]2C(=O)N(c3ccccc3)C(=O)[C@@H]21. The molecule has 5 heteroatoms. The molecule has 2 aliphatic heterocycles. The number of aliphatic imine (C=N–C) groups is 1. The minimum Gasteiger partial charge on any atom is -0.481 e. The number of carbonyl (C=O) groups is 2. The molecule has 0 aromatic heterocycles. The number of rotatable bonds is 2. The Bertz CT molecular complexity index is 938. The highest BCUT2D eigenvalue weighted by molar-refractivity contribution is 6.23. The van der Waals surface area contributed by atoms with E-state index < -0.39 is 0 Å². The summed E-state index contributed by atoms with van der Waals surface area (Å²) in [7, 11) is 0. The summed E-state index contributed by atoms with van der Waals surface area (Å²) in [5.74, 6) is 0.168. The van der Waals surface area contributed by atoms with Crippen molar-refractivity contribution in [3.05, 3.63) is 42.5 Å². The number of hydrogen-bond acceptors (Lipinski definition) is 4. The van der Waals surface area contributed by atoms with Crippen molar-refractivity contribution in [3.8, 4) is 0 Å². The fourth-order valence-corrected chi connectivity index (χ4v) is 7.05. The molecule has 2 heterocycles. The number of para-hydroxylation sites is 1. The Morgan fingerprint density at radius 3 is 2.46 bits per heavy atom. The van der Waals surface area contributed by atoms with E-state index in [0.717, 1.165) is 31.6 Å². The second-order valence-corrected chi connectivity index (χ2v) is 8.79. The number of allylic oxidation sites excluding steroid dienone is 1. The molecule has 0 radical (unpaired) electrons. The molecule has 7 rings (SSSR count). The minimum absolute atomic E-state index is 0.00262. The number of ether oxygens (including phenoxy) is 1. The molecule has 3 fully saturated rings. The Morgan fingerprint density at radius 2 is 1.71 bits per heavy atom. The zero-order valence-electron chi connectivity index (χ0n) is 16.0. The lowest BCUT2D eigenvalue weighted by molar-refractivity contribution is -0.144. The van der Waals surface area contributed by atoms with Gasteiger partial charge in [-0.15, -0.1) is 0 Å². The molecule has 0 N–H and O–H groups in total. The van der Waals surface area contributed by atoms with Gasteiger partial charge in [-0.05, 0) is 31.9 Å². The smallest absolute Gasteiger partial charge is 0.238 e. The van der Waals surface area contributed by atoms with Gasteiger partial charge in [-0.3, -0.25) is 14.5 Å². The molecule has 144 valence electrons. The predicted octanol–water partition coefficient (Wildman–Crippen LogP) is 3.36. The molecule has 2 bridgehead atoms. The van der Waals surface area contributed by atoms with Crippen LogP contribution in [0.4, 0.5) is 5.69 Å². The van der Waals surface area contributed by atoms with Gasteiger partial charge in [-0.1, -0.05) is 43.2 Å². The maximum Gasteiger partial charge on any atom is 0.238 e. The van der Waals surface area contributed by atoms with E-state index in [4.69, 9.17) is 9.73 Å². The van der Waals surface area contributed by atoms with Gasteiger partial charge in [0.05, 0.1) is 35.1 Å². The van der Waals surface area contributed by atoms with Gasteiger partial charge in [0.1, 0.15) is 0 Å². The molecule has 1 aromatic rings. The first-order chi connectivity index (χ1) is 13.7. The highest BCUT2D eigenvalue weighted by Crippen LogP contribution is 2.72. The monoisotopic (exact) mass is 376 g/mol. The summed E-state index contributed by atoms with van der Waals surface area (Å²) in [5.41, 5.74) is 0.242. The van der Waals surface area contributed by atoms with Crippen LogP contribution < -0.4 is 4.90 Å². The molecular weight excluding hydrogens is 352 g/mol. The quantitative estimate of drug-likeness (QED) is 0.587. The summed E-state index contributed by atoms with van der Waals surface area (Å²) in [5, 5.41) is 0. The highest BCUT2D eigenvalue weighted by Gasteiger charge is 2.79. The molecular formula is C23H24N2O3. The first-order valence-electron chi connectivity index (χ1n) is 10.5. The lowest BCUT2D eigenvalue weighted by Gasteiger charge is -2.69. The first-order valence-corrected chi connectivity index (χ1v) is 10.5. The Kier molecular flexibility index (Phi) is 3.15. The number of carbonyl (C=O) groups excluding carboxylic acids is 2. The minimum atomic E-state index is -0.292. The van der Waals surface area contributed by atoms with Crippen LogP contribution in [0.15, 0.2) is 47.5 Å². The van der Waals surface area contributed by atoms with Crippen LogP contribution in [0.25, 0.3) is 0 Å². The van der Waals surface area contributed by atoms with Crippen molar-refractivity contribution in [2.75, 3.05) is 11.5 Å². The largest absolute Gasteiger partial charge is 0.481 e. The van der Waals surface area contributed by atoms with Gasteiger partial charge in [0.15, 0.2) is 5.90 Å². The standard InChI is InChI=1S/C23H24N2O3/c1-2-28-21-22-12-6-7-13-23(22,24-21)16-11-10-15(22)17-18(16)20(27)25(19(17)26)14-8-4-3-5-9-14/h3-5,8-11,15-18H,2,6-7,12-13H2,1H3/t15-,16-,17+,18+,22-,23-/m0/s1. The molecule has 0 spiro atoms. The summed E-state index contributed by atoms with van der Waals surface area (Å²) < 4.78 is 5.98. The lowest BCUT2D eigenvalue weighted by Crippen LogP contribution is -2.75. The normalized spacial score (nSPS) is 42.5. The maximum absolute atomic E-state index is 13.5. The van der Waals surface area contributed by atoms with Crippen molar-refractivity contribution >= 4 is 23.4 Å². The fraction of sp³-hybridized carbons (Fsp3) is 0.522. The van der Waals surface area contributed by atoms with Crippen LogP contribution in [0.2, 0.25) is 0 Å². The highest BCUT2D eigenvalue weighted by atomic mass is 16.5. The molecule has 28 heavy (non-hydrogen) atoms. The summed E-state index contributed by atoms with van der Waals surface area (Å²) in [6.45, 7) is 2.58. The van der Waals surface area contributed by atoms with Crippen LogP contribution in [0.1, 0.15) is 32.6 Å². The number of benzene rings is 1. The Hall–Kier alpha value is -2.43. The van der Waals surface area contributed by atoms with E-state index in [-0.39, 0.29) is 46.4 Å². The molecule has 5 nitrogen and oxygen atoms in total. The first kappa shape index (κ1) is 16.5. The van der Waals surface area contributed by atoms with Crippen molar-refractivity contribution in [2.24, 2.45) is 34.1 Å². The van der Waals surface area contributed by atoms with Crippen molar-refractivity contribution in [1.29, 1.82) is 0 Å². The molecule has 4 aliphatic carbocycles. The summed E-state index contributed by atoms with van der Waals surface area (Å²) in [6.07, 6.45) is 8.67. The molecule has 0 unspecified atom stereocenters. The molecule has 2 saturated carbocycles. The molecule has 2 amide bonds. The van der Waals surface area contributed by atoms with Crippen molar-refractivity contribution in [3.63, 3.8) is 0 Å². The van der Waals surface area contributed by atoms with Gasteiger partial charge in [-0.2, -0.15) is 0 Å². The van der Waals surface area contributed by atoms with Crippen LogP contribution in [0, 0.1) is 29.1 Å². The third-order valence-electron chi connectivity index (χ3n) is 7.95. The molecule has 6 atom stereocenters. The zero-order chi connectivity index (χ0) is 19.1. The van der Waals surface area contributed by atoms with Crippen LogP contribution in [-0.4, -0.2) is 29.9 Å². The average Bonchev–Trinajstić information content (AvgIpc) is 2.98. The number of amides is 2. The van der Waals surface area contributed by atoms with E-state index >= 15 is 0 Å². The van der Waals surface area contributed by atoms with Gasteiger partial charge in [0, 0.05) is 11.8 Å². The van der Waals surface area contributed by atoms with Crippen molar-refractivity contribution in [2.45, 2.75) is 38.1 Å². The van der Waals surface area contributed by atoms with Gasteiger partial charge >= 0.3 is 0 Å². The van der Waals surface area contributed by atoms with Crippen LogP contribution in [0.5, 0.6) is 0 Å². The van der Waals surface area contributed by atoms with Gasteiger partial charge in [0.2, 0.25) is 11.8 Å². The van der Waals surface area contributed by atoms with Crippen LogP contribution in [-0.2, 0) is 14.3 Å². The van der Waals surface area contributed by atoms with E-state index in [1.54, 1.807) is 0 Å². The second-order valence-electron chi connectivity index (χ2n) is 8.79. The van der Waals surface area contributed by atoms with Gasteiger partial charge in [0.25, 0.3) is 0 Å². The Morgan fingerprint density at radius 1 is 1.04 bits per heavy atom. The van der Waals surface area contributed by atoms with E-state index in [1.807, 2.05) is 37.3 Å². The number of imide groups is 1. The summed E-state index contributed by atoms with van der Waals surface area (Å²) in [6, 6.07) is 9.36. The topological polar surface area (TPSA) is 59.0 Å². The Balaban J connectivity index is 1.49. The number of anilines is 1. The third-order valence-corrected chi connectivity index (χ3v) is 7.95. The summed E-state index contributed by atoms with van der Waals surface area (Å²) >= 11 is 0. The van der Waals surface area contributed by atoms with Crippen LogP contribution in [0.3, 0.4) is 0 Å². The van der Waals surface area contributed by atoms with Crippen LogP contribution >= 0.6 is 0 Å². The number of nitrogens with zero attached hydrogens (tertiary/aromatic N) is 2.